The summed E-state index contributed by atoms with van der Waals surface area (Å²) in [7, 11) is 1.60. The van der Waals surface area contributed by atoms with Gasteiger partial charge in [-0.15, -0.1) is 0 Å². The minimum absolute atomic E-state index is 0.257. The zero-order valence-electron chi connectivity index (χ0n) is 13.8. The standard InChI is InChI=1S/C17H16N4O3/c1-9-7-13(22)21-16(18-9)19-15-14(20-21)11-6-5-10(23-4)8-12(11)24-17(15,2)3/h5-8H,1-4H3. The van der Waals surface area contributed by atoms with Crippen LogP contribution >= 0.6 is 0 Å². The van der Waals surface area contributed by atoms with E-state index in [1.54, 1.807) is 14.0 Å². The Kier molecular flexibility index (Phi) is 2.90. The second kappa shape index (κ2) is 4.77. The number of methoxy groups -OCH3 is 1. The second-order valence-corrected chi connectivity index (χ2v) is 6.23. The molecule has 0 fully saturated rings. The molecule has 0 radical (unpaired) electrons. The summed E-state index contributed by atoms with van der Waals surface area (Å²) in [6, 6.07) is 6.93. The lowest BCUT2D eigenvalue weighted by molar-refractivity contribution is 0.0994. The van der Waals surface area contributed by atoms with E-state index >= 15 is 0 Å². The maximum Gasteiger partial charge on any atom is 0.275 e. The van der Waals surface area contributed by atoms with Gasteiger partial charge in [0, 0.05) is 23.4 Å². The summed E-state index contributed by atoms with van der Waals surface area (Å²) in [5.41, 5.74) is 1.68. The van der Waals surface area contributed by atoms with Crippen molar-refractivity contribution in [3.05, 3.63) is 46.0 Å². The molecular weight excluding hydrogens is 308 g/mol. The number of hydrogen-bond acceptors (Lipinski definition) is 6. The molecule has 2 aromatic heterocycles. The molecule has 0 saturated carbocycles. The van der Waals surface area contributed by atoms with Crippen LogP contribution in [0, 0.1) is 6.92 Å². The van der Waals surface area contributed by atoms with Crippen molar-refractivity contribution >= 4 is 5.78 Å². The summed E-state index contributed by atoms with van der Waals surface area (Å²) in [5, 5.41) is 4.51. The van der Waals surface area contributed by atoms with E-state index in [0.29, 0.717) is 28.6 Å². The molecule has 0 unspecified atom stereocenters. The Morgan fingerprint density at radius 2 is 2.00 bits per heavy atom. The van der Waals surface area contributed by atoms with E-state index in [-0.39, 0.29) is 11.3 Å². The fourth-order valence-corrected chi connectivity index (χ4v) is 2.88. The van der Waals surface area contributed by atoms with Gasteiger partial charge in [0.05, 0.1) is 7.11 Å². The number of benzene rings is 1. The fraction of sp³-hybridized carbons (Fsp3) is 0.294. The van der Waals surface area contributed by atoms with Gasteiger partial charge in [0.25, 0.3) is 11.3 Å². The maximum absolute atomic E-state index is 12.2. The highest BCUT2D eigenvalue weighted by Gasteiger charge is 2.36. The van der Waals surface area contributed by atoms with E-state index in [2.05, 4.69) is 15.1 Å². The van der Waals surface area contributed by atoms with Gasteiger partial charge in [0.1, 0.15) is 28.5 Å². The molecule has 0 saturated heterocycles. The molecule has 0 spiro atoms. The largest absolute Gasteiger partial charge is 0.497 e. The average Bonchev–Trinajstić information content (AvgIpc) is 2.53. The van der Waals surface area contributed by atoms with Crippen molar-refractivity contribution in [2.45, 2.75) is 26.4 Å². The Balaban J connectivity index is 2.08. The van der Waals surface area contributed by atoms with Crippen molar-refractivity contribution in [3.8, 4) is 22.8 Å². The van der Waals surface area contributed by atoms with Crippen molar-refractivity contribution in [3.63, 3.8) is 0 Å². The van der Waals surface area contributed by atoms with Gasteiger partial charge in [0.2, 0.25) is 0 Å². The summed E-state index contributed by atoms with van der Waals surface area (Å²) in [6.07, 6.45) is 0. The molecule has 4 rings (SSSR count). The molecule has 1 aliphatic heterocycles. The van der Waals surface area contributed by atoms with E-state index in [1.807, 2.05) is 32.0 Å². The van der Waals surface area contributed by atoms with Crippen molar-refractivity contribution in [1.29, 1.82) is 0 Å². The van der Waals surface area contributed by atoms with Crippen LogP contribution in [0.1, 0.15) is 25.2 Å². The minimum Gasteiger partial charge on any atom is -0.497 e. The number of fused-ring (bicyclic) bond motifs is 4. The third-order valence-corrected chi connectivity index (χ3v) is 4.02. The van der Waals surface area contributed by atoms with Crippen LogP contribution < -0.4 is 15.0 Å². The Morgan fingerprint density at radius 3 is 2.75 bits per heavy atom. The number of aromatic nitrogens is 4. The van der Waals surface area contributed by atoms with Crippen molar-refractivity contribution in [2.75, 3.05) is 7.11 Å². The lowest BCUT2D eigenvalue weighted by Gasteiger charge is -2.33. The first-order valence-electron chi connectivity index (χ1n) is 7.56. The third kappa shape index (κ3) is 2.05. The lowest BCUT2D eigenvalue weighted by Crippen LogP contribution is -2.33. The van der Waals surface area contributed by atoms with E-state index in [1.165, 1.54) is 10.6 Å². The second-order valence-electron chi connectivity index (χ2n) is 6.23. The number of rotatable bonds is 1. The van der Waals surface area contributed by atoms with Crippen LogP contribution in [0.4, 0.5) is 0 Å². The molecule has 24 heavy (non-hydrogen) atoms. The van der Waals surface area contributed by atoms with Crippen molar-refractivity contribution < 1.29 is 9.47 Å². The van der Waals surface area contributed by atoms with Crippen LogP contribution in [0.3, 0.4) is 0 Å². The topological polar surface area (TPSA) is 78.6 Å². The van der Waals surface area contributed by atoms with E-state index in [0.717, 1.165) is 5.56 Å². The Bertz CT molecular complexity index is 1040. The molecule has 122 valence electrons. The number of aryl methyl sites for hydroxylation is 1. The van der Waals surface area contributed by atoms with Gasteiger partial charge in [0.15, 0.2) is 0 Å². The molecule has 0 atom stereocenters. The van der Waals surface area contributed by atoms with Gasteiger partial charge in [-0.05, 0) is 32.9 Å². The molecule has 0 aliphatic carbocycles. The van der Waals surface area contributed by atoms with Gasteiger partial charge in [-0.2, -0.15) is 9.61 Å². The maximum atomic E-state index is 12.2. The van der Waals surface area contributed by atoms with Gasteiger partial charge >= 0.3 is 0 Å². The minimum atomic E-state index is -0.703. The predicted octanol–water partition coefficient (Wildman–Crippen LogP) is 2.10. The molecule has 1 aromatic carbocycles. The molecule has 0 bridgehead atoms. The summed E-state index contributed by atoms with van der Waals surface area (Å²) >= 11 is 0. The molecule has 0 amide bonds. The Labute approximate surface area is 137 Å². The van der Waals surface area contributed by atoms with Gasteiger partial charge < -0.3 is 9.47 Å². The Morgan fingerprint density at radius 1 is 1.21 bits per heavy atom. The van der Waals surface area contributed by atoms with Crippen LogP contribution in [0.25, 0.3) is 17.0 Å². The van der Waals surface area contributed by atoms with Crippen LogP contribution in [-0.4, -0.2) is 26.7 Å². The van der Waals surface area contributed by atoms with Crippen molar-refractivity contribution in [2.24, 2.45) is 0 Å². The summed E-state index contributed by atoms with van der Waals surface area (Å²) < 4.78 is 12.6. The normalized spacial score (nSPS) is 14.7. The van der Waals surface area contributed by atoms with E-state index < -0.39 is 5.60 Å². The smallest absolute Gasteiger partial charge is 0.275 e. The lowest BCUT2D eigenvalue weighted by atomic mass is 9.94. The first-order chi connectivity index (χ1) is 11.4. The summed E-state index contributed by atoms with van der Waals surface area (Å²) in [6.45, 7) is 5.58. The zero-order valence-corrected chi connectivity index (χ0v) is 13.8. The number of hydrogen-bond donors (Lipinski definition) is 0. The van der Waals surface area contributed by atoms with Gasteiger partial charge in [-0.1, -0.05) is 0 Å². The average molecular weight is 324 g/mol. The van der Waals surface area contributed by atoms with Crippen LogP contribution in [0.2, 0.25) is 0 Å². The quantitative estimate of drug-likeness (QED) is 0.682. The van der Waals surface area contributed by atoms with Crippen LogP contribution in [0.5, 0.6) is 11.5 Å². The molecule has 1 aliphatic rings. The van der Waals surface area contributed by atoms with Crippen molar-refractivity contribution in [1.82, 2.24) is 19.6 Å². The highest BCUT2D eigenvalue weighted by molar-refractivity contribution is 5.73. The zero-order chi connectivity index (χ0) is 17.1. The Hall–Kier alpha value is -2.96. The number of ether oxygens (including phenoxy) is 2. The monoisotopic (exact) mass is 324 g/mol. The summed E-state index contributed by atoms with van der Waals surface area (Å²) in [4.78, 5) is 21.1. The van der Waals surface area contributed by atoms with Crippen LogP contribution in [-0.2, 0) is 5.60 Å². The number of nitrogens with zero attached hydrogens (tertiary/aromatic N) is 4. The van der Waals surface area contributed by atoms with E-state index in [4.69, 9.17) is 9.47 Å². The van der Waals surface area contributed by atoms with Gasteiger partial charge in [-0.25, -0.2) is 9.97 Å². The molecule has 3 aromatic rings. The van der Waals surface area contributed by atoms with Crippen LogP contribution in [0.15, 0.2) is 29.1 Å². The van der Waals surface area contributed by atoms with E-state index in [9.17, 15) is 4.79 Å². The molecular formula is C17H16N4O3. The molecule has 7 heteroatoms. The first kappa shape index (κ1) is 14.6. The first-order valence-corrected chi connectivity index (χ1v) is 7.56. The molecule has 0 N–H and O–H groups in total. The molecule has 3 heterocycles. The highest BCUT2D eigenvalue weighted by atomic mass is 16.5. The SMILES string of the molecule is COc1ccc2c(c1)OC(C)(C)c1nc3nc(C)cc(=O)n3nc1-2. The summed E-state index contributed by atoms with van der Waals surface area (Å²) in [5.74, 6) is 1.61. The van der Waals surface area contributed by atoms with Gasteiger partial charge in [-0.3, -0.25) is 4.79 Å². The third-order valence-electron chi connectivity index (χ3n) is 4.02. The molecule has 7 nitrogen and oxygen atoms in total. The predicted molar refractivity (Wildman–Crippen MR) is 87.4 cm³/mol. The fourth-order valence-electron chi connectivity index (χ4n) is 2.88. The highest BCUT2D eigenvalue weighted by Crippen LogP contribution is 2.44.